The van der Waals surface area contributed by atoms with E-state index in [1.54, 1.807) is 18.0 Å². The molecule has 0 bridgehead atoms. The summed E-state index contributed by atoms with van der Waals surface area (Å²) in [6, 6.07) is 3.61. The van der Waals surface area contributed by atoms with Gasteiger partial charge in [0.25, 0.3) is 0 Å². The molecule has 0 radical (unpaired) electrons. The molecule has 0 atom stereocenters. The minimum Gasteiger partial charge on any atom is -0.393 e. The first kappa shape index (κ1) is 17.4. The molecule has 24 heavy (non-hydrogen) atoms. The standard InChI is InChI=1S/C16H15BrF4N2O/c1-23(7-8-2-10(24)3-8)13-6-14(16(19,20)21)22-15-11(13)4-9(17)5-12(15)18/h4-6,8,10,24H,2-3,7H2,1H3. The molecule has 0 aliphatic heterocycles. The number of benzene rings is 1. The number of aromatic nitrogens is 1. The molecule has 1 aliphatic carbocycles. The van der Waals surface area contributed by atoms with Gasteiger partial charge in [-0.15, -0.1) is 0 Å². The number of aliphatic hydroxyl groups excluding tert-OH is 1. The lowest BCUT2D eigenvalue weighted by molar-refractivity contribution is -0.140. The second kappa shape index (κ2) is 6.15. The number of pyridine rings is 1. The molecule has 1 fully saturated rings. The predicted octanol–water partition coefficient (Wildman–Crippen LogP) is 4.36. The van der Waals surface area contributed by atoms with Gasteiger partial charge >= 0.3 is 6.18 Å². The SMILES string of the molecule is CN(CC1CC(O)C1)c1cc(C(F)(F)F)nc2c(F)cc(Br)cc12. The van der Waals surface area contributed by atoms with Crippen LogP contribution in [0, 0.1) is 11.7 Å². The molecule has 1 aromatic heterocycles. The first-order valence-corrected chi connectivity index (χ1v) is 8.20. The van der Waals surface area contributed by atoms with E-state index in [9.17, 15) is 22.7 Å². The van der Waals surface area contributed by atoms with Crippen molar-refractivity contribution in [3.8, 4) is 0 Å². The zero-order valence-electron chi connectivity index (χ0n) is 12.7. The number of nitrogens with zero attached hydrogens (tertiary/aromatic N) is 2. The highest BCUT2D eigenvalue weighted by Gasteiger charge is 2.35. The Labute approximate surface area is 144 Å². The minimum atomic E-state index is -4.66. The van der Waals surface area contributed by atoms with Gasteiger partial charge in [-0.1, -0.05) is 15.9 Å². The van der Waals surface area contributed by atoms with Crippen molar-refractivity contribution in [2.75, 3.05) is 18.5 Å². The second-order valence-electron chi connectivity index (χ2n) is 6.18. The fraction of sp³-hybridized carbons (Fsp3) is 0.438. The van der Waals surface area contributed by atoms with Crippen molar-refractivity contribution in [1.82, 2.24) is 4.98 Å². The number of hydrogen-bond donors (Lipinski definition) is 1. The molecule has 1 aromatic carbocycles. The maximum atomic E-state index is 14.1. The van der Waals surface area contributed by atoms with Crippen LogP contribution < -0.4 is 4.90 Å². The van der Waals surface area contributed by atoms with Crippen LogP contribution in [0.25, 0.3) is 10.9 Å². The molecule has 3 rings (SSSR count). The molecule has 0 spiro atoms. The maximum absolute atomic E-state index is 14.1. The molecule has 1 saturated carbocycles. The van der Waals surface area contributed by atoms with Gasteiger partial charge in [0.05, 0.1) is 6.10 Å². The van der Waals surface area contributed by atoms with Gasteiger partial charge < -0.3 is 10.0 Å². The van der Waals surface area contributed by atoms with Crippen LogP contribution in [0.4, 0.5) is 23.2 Å². The van der Waals surface area contributed by atoms with Gasteiger partial charge in [0.1, 0.15) is 11.2 Å². The van der Waals surface area contributed by atoms with Gasteiger partial charge in [0.15, 0.2) is 5.82 Å². The van der Waals surface area contributed by atoms with E-state index < -0.39 is 17.7 Å². The summed E-state index contributed by atoms with van der Waals surface area (Å²) in [6.07, 6.45) is -3.75. The third-order valence-corrected chi connectivity index (χ3v) is 4.71. The normalized spacial score (nSPS) is 21.0. The monoisotopic (exact) mass is 406 g/mol. The quantitative estimate of drug-likeness (QED) is 0.769. The summed E-state index contributed by atoms with van der Waals surface area (Å²) < 4.78 is 53.9. The molecule has 8 heteroatoms. The van der Waals surface area contributed by atoms with Crippen LogP contribution in [0.2, 0.25) is 0 Å². The second-order valence-corrected chi connectivity index (χ2v) is 7.10. The molecule has 0 unspecified atom stereocenters. The summed E-state index contributed by atoms with van der Waals surface area (Å²) in [5.74, 6) is -0.598. The molecule has 0 amide bonds. The summed E-state index contributed by atoms with van der Waals surface area (Å²) in [5.41, 5.74) is -1.15. The number of hydrogen-bond acceptors (Lipinski definition) is 3. The number of anilines is 1. The van der Waals surface area contributed by atoms with Crippen molar-refractivity contribution < 1.29 is 22.7 Å². The fourth-order valence-corrected chi connectivity index (χ4v) is 3.46. The Morgan fingerprint density at radius 2 is 1.96 bits per heavy atom. The van der Waals surface area contributed by atoms with Crippen molar-refractivity contribution in [1.29, 1.82) is 0 Å². The number of fused-ring (bicyclic) bond motifs is 1. The molecule has 1 heterocycles. The lowest BCUT2D eigenvalue weighted by Crippen LogP contribution is -2.37. The number of aliphatic hydroxyl groups is 1. The van der Waals surface area contributed by atoms with Crippen LogP contribution in [0.3, 0.4) is 0 Å². The molecule has 1 N–H and O–H groups in total. The Morgan fingerprint density at radius 1 is 1.29 bits per heavy atom. The van der Waals surface area contributed by atoms with Crippen molar-refractivity contribution in [3.63, 3.8) is 0 Å². The number of alkyl halides is 3. The fourth-order valence-electron chi connectivity index (χ4n) is 3.03. The number of halogens is 5. The van der Waals surface area contributed by atoms with Crippen molar-refractivity contribution in [3.05, 3.63) is 34.2 Å². The molecular formula is C16H15BrF4N2O. The summed E-state index contributed by atoms with van der Waals surface area (Å²) in [4.78, 5) is 5.14. The highest BCUT2D eigenvalue weighted by Crippen LogP contribution is 2.37. The zero-order valence-corrected chi connectivity index (χ0v) is 14.3. The lowest BCUT2D eigenvalue weighted by Gasteiger charge is -2.35. The Kier molecular flexibility index (Phi) is 4.46. The zero-order chi connectivity index (χ0) is 17.6. The predicted molar refractivity (Wildman–Crippen MR) is 86.4 cm³/mol. The minimum absolute atomic E-state index is 0.208. The van der Waals surface area contributed by atoms with E-state index in [1.165, 1.54) is 0 Å². The topological polar surface area (TPSA) is 36.4 Å². The Balaban J connectivity index is 2.09. The van der Waals surface area contributed by atoms with Crippen molar-refractivity contribution in [2.45, 2.75) is 25.1 Å². The molecule has 2 aromatic rings. The average molecular weight is 407 g/mol. The van der Waals surface area contributed by atoms with Crippen LogP contribution >= 0.6 is 15.9 Å². The van der Waals surface area contributed by atoms with Crippen LogP contribution in [-0.4, -0.2) is 29.8 Å². The Morgan fingerprint density at radius 3 is 2.54 bits per heavy atom. The summed E-state index contributed by atoms with van der Waals surface area (Å²) in [7, 11) is 1.67. The van der Waals surface area contributed by atoms with Gasteiger partial charge in [0.2, 0.25) is 0 Å². The Bertz CT molecular complexity index is 775. The van der Waals surface area contributed by atoms with E-state index in [0.717, 1.165) is 12.1 Å². The van der Waals surface area contributed by atoms with Gasteiger partial charge in [-0.25, -0.2) is 9.37 Å². The molecular weight excluding hydrogens is 392 g/mol. The average Bonchev–Trinajstić information content (AvgIpc) is 2.43. The lowest BCUT2D eigenvalue weighted by atomic mass is 9.82. The van der Waals surface area contributed by atoms with Gasteiger partial charge in [-0.05, 0) is 37.0 Å². The smallest absolute Gasteiger partial charge is 0.393 e. The van der Waals surface area contributed by atoms with E-state index in [4.69, 9.17) is 0 Å². The third kappa shape index (κ3) is 3.35. The summed E-state index contributed by atoms with van der Waals surface area (Å²) in [5, 5.41) is 9.68. The summed E-state index contributed by atoms with van der Waals surface area (Å²) >= 11 is 3.17. The first-order chi connectivity index (χ1) is 11.1. The van der Waals surface area contributed by atoms with Crippen LogP contribution in [-0.2, 0) is 6.18 Å². The highest BCUT2D eigenvalue weighted by molar-refractivity contribution is 9.10. The highest BCUT2D eigenvalue weighted by atomic mass is 79.9. The van der Waals surface area contributed by atoms with E-state index >= 15 is 0 Å². The van der Waals surface area contributed by atoms with Crippen molar-refractivity contribution >= 4 is 32.5 Å². The van der Waals surface area contributed by atoms with E-state index in [0.29, 0.717) is 29.2 Å². The molecule has 130 valence electrons. The van der Waals surface area contributed by atoms with Crippen LogP contribution in [0.1, 0.15) is 18.5 Å². The van der Waals surface area contributed by atoms with Crippen molar-refractivity contribution in [2.24, 2.45) is 5.92 Å². The van der Waals surface area contributed by atoms with E-state index in [-0.39, 0.29) is 23.2 Å². The van der Waals surface area contributed by atoms with E-state index in [1.807, 2.05) is 0 Å². The van der Waals surface area contributed by atoms with Crippen LogP contribution in [0.15, 0.2) is 22.7 Å². The summed E-state index contributed by atoms with van der Waals surface area (Å²) in [6.45, 7) is 0.488. The first-order valence-electron chi connectivity index (χ1n) is 7.41. The third-order valence-electron chi connectivity index (χ3n) is 4.25. The van der Waals surface area contributed by atoms with Gasteiger partial charge in [-0.2, -0.15) is 13.2 Å². The molecule has 3 nitrogen and oxygen atoms in total. The van der Waals surface area contributed by atoms with Gasteiger partial charge in [0, 0.05) is 29.1 Å². The molecule has 0 saturated heterocycles. The van der Waals surface area contributed by atoms with E-state index in [2.05, 4.69) is 20.9 Å². The number of rotatable bonds is 3. The maximum Gasteiger partial charge on any atom is 0.433 e. The largest absolute Gasteiger partial charge is 0.433 e. The molecule has 1 aliphatic rings. The van der Waals surface area contributed by atoms with Gasteiger partial charge in [-0.3, -0.25) is 0 Å². The Hall–Kier alpha value is -1.41. The van der Waals surface area contributed by atoms with Crippen LogP contribution in [0.5, 0.6) is 0 Å².